The lowest BCUT2D eigenvalue weighted by Crippen LogP contribution is -2.32. The van der Waals surface area contributed by atoms with Crippen LogP contribution in [0.1, 0.15) is 54.4 Å². The summed E-state index contributed by atoms with van der Waals surface area (Å²) in [5.74, 6) is 1.57. The van der Waals surface area contributed by atoms with Crippen molar-refractivity contribution in [2.75, 3.05) is 6.54 Å². The molecule has 0 aromatic carbocycles. The number of hydrogen-bond donors (Lipinski definition) is 1. The van der Waals surface area contributed by atoms with Gasteiger partial charge in [-0.3, -0.25) is 0 Å². The number of allylic oxidation sites excluding steroid dienone is 1. The van der Waals surface area contributed by atoms with Crippen molar-refractivity contribution in [3.63, 3.8) is 0 Å². The zero-order chi connectivity index (χ0) is 11.8. The largest absolute Gasteiger partial charge is 0.311 e. The van der Waals surface area contributed by atoms with Crippen LogP contribution in [-0.2, 0) is 0 Å². The first-order valence-corrected chi connectivity index (χ1v) is 6.28. The molecule has 0 aliphatic carbocycles. The Morgan fingerprint density at radius 2 is 1.47 bits per heavy atom. The second-order valence-corrected chi connectivity index (χ2v) is 5.65. The standard InChI is InChI=1S/C14H29N/c1-11(2)7-8-15-14(9-12(3)4)10-13(5)6/h7,12-15H,8-10H2,1-6H3. The minimum Gasteiger partial charge on any atom is -0.311 e. The number of nitrogens with one attached hydrogen (secondary N) is 1. The first kappa shape index (κ1) is 14.7. The second kappa shape index (κ2) is 7.92. The van der Waals surface area contributed by atoms with E-state index >= 15 is 0 Å². The van der Waals surface area contributed by atoms with Gasteiger partial charge in [-0.25, -0.2) is 0 Å². The van der Waals surface area contributed by atoms with E-state index in [1.165, 1.54) is 18.4 Å². The molecule has 0 rings (SSSR count). The van der Waals surface area contributed by atoms with Gasteiger partial charge in [0.15, 0.2) is 0 Å². The van der Waals surface area contributed by atoms with Gasteiger partial charge in [0.05, 0.1) is 0 Å². The van der Waals surface area contributed by atoms with Gasteiger partial charge in [-0.1, -0.05) is 39.3 Å². The van der Waals surface area contributed by atoms with E-state index in [2.05, 4.69) is 52.9 Å². The van der Waals surface area contributed by atoms with Crippen LogP contribution >= 0.6 is 0 Å². The Hall–Kier alpha value is -0.300. The minimum atomic E-state index is 0.681. The van der Waals surface area contributed by atoms with Gasteiger partial charge in [0, 0.05) is 12.6 Å². The summed E-state index contributed by atoms with van der Waals surface area (Å²) >= 11 is 0. The van der Waals surface area contributed by atoms with Gasteiger partial charge in [-0.2, -0.15) is 0 Å². The van der Waals surface area contributed by atoms with Crippen LogP contribution in [0.2, 0.25) is 0 Å². The maximum atomic E-state index is 3.64. The molecule has 90 valence electrons. The molecule has 1 heteroatoms. The summed E-state index contributed by atoms with van der Waals surface area (Å²) in [5.41, 5.74) is 1.40. The van der Waals surface area contributed by atoms with Crippen molar-refractivity contribution in [2.45, 2.75) is 60.4 Å². The molecule has 0 saturated carbocycles. The monoisotopic (exact) mass is 211 g/mol. The third kappa shape index (κ3) is 9.99. The third-order valence-electron chi connectivity index (χ3n) is 2.43. The van der Waals surface area contributed by atoms with Crippen LogP contribution in [0, 0.1) is 11.8 Å². The summed E-state index contributed by atoms with van der Waals surface area (Å²) < 4.78 is 0. The Bertz CT molecular complexity index is 166. The summed E-state index contributed by atoms with van der Waals surface area (Å²) in [5, 5.41) is 3.64. The fourth-order valence-corrected chi connectivity index (χ4v) is 1.83. The van der Waals surface area contributed by atoms with E-state index in [0.29, 0.717) is 6.04 Å². The maximum Gasteiger partial charge on any atom is 0.0139 e. The Balaban J connectivity index is 3.95. The van der Waals surface area contributed by atoms with Gasteiger partial charge in [-0.15, -0.1) is 0 Å². The van der Waals surface area contributed by atoms with E-state index in [9.17, 15) is 0 Å². The molecular formula is C14H29N. The average Bonchev–Trinajstić information content (AvgIpc) is 2.00. The van der Waals surface area contributed by atoms with E-state index in [0.717, 1.165) is 18.4 Å². The Morgan fingerprint density at radius 3 is 1.80 bits per heavy atom. The predicted octanol–water partition coefficient (Wildman–Crippen LogP) is 4.00. The zero-order valence-corrected chi connectivity index (χ0v) is 11.4. The first-order chi connectivity index (χ1) is 6.91. The predicted molar refractivity (Wildman–Crippen MR) is 70.1 cm³/mol. The number of rotatable bonds is 7. The molecular weight excluding hydrogens is 182 g/mol. The van der Waals surface area contributed by atoms with Crippen LogP contribution in [0.4, 0.5) is 0 Å². The minimum absolute atomic E-state index is 0.681. The molecule has 0 aliphatic rings. The lowest BCUT2D eigenvalue weighted by Gasteiger charge is -2.21. The molecule has 0 saturated heterocycles. The van der Waals surface area contributed by atoms with Gasteiger partial charge in [-0.05, 0) is 38.5 Å². The van der Waals surface area contributed by atoms with Gasteiger partial charge in [0.2, 0.25) is 0 Å². The van der Waals surface area contributed by atoms with Crippen molar-refractivity contribution < 1.29 is 0 Å². The molecule has 15 heavy (non-hydrogen) atoms. The van der Waals surface area contributed by atoms with Gasteiger partial charge >= 0.3 is 0 Å². The highest BCUT2D eigenvalue weighted by molar-refractivity contribution is 4.95. The van der Waals surface area contributed by atoms with Crippen LogP contribution in [0.5, 0.6) is 0 Å². The number of hydrogen-bond acceptors (Lipinski definition) is 1. The van der Waals surface area contributed by atoms with Crippen molar-refractivity contribution in [3.8, 4) is 0 Å². The van der Waals surface area contributed by atoms with E-state index in [1.54, 1.807) is 0 Å². The molecule has 0 aliphatic heterocycles. The summed E-state index contributed by atoms with van der Waals surface area (Å²) in [4.78, 5) is 0. The van der Waals surface area contributed by atoms with Crippen LogP contribution < -0.4 is 5.32 Å². The van der Waals surface area contributed by atoms with Gasteiger partial charge in [0.1, 0.15) is 0 Å². The topological polar surface area (TPSA) is 12.0 Å². The molecule has 0 spiro atoms. The highest BCUT2D eigenvalue weighted by Crippen LogP contribution is 2.13. The first-order valence-electron chi connectivity index (χ1n) is 6.28. The van der Waals surface area contributed by atoms with Crippen molar-refractivity contribution in [3.05, 3.63) is 11.6 Å². The molecule has 1 N–H and O–H groups in total. The molecule has 0 radical (unpaired) electrons. The normalized spacial score (nSPS) is 11.5. The summed E-state index contributed by atoms with van der Waals surface area (Å²) in [6.45, 7) is 14.5. The van der Waals surface area contributed by atoms with Crippen molar-refractivity contribution in [1.29, 1.82) is 0 Å². The summed E-state index contributed by atoms with van der Waals surface area (Å²) in [7, 11) is 0. The van der Waals surface area contributed by atoms with Crippen LogP contribution in [0.15, 0.2) is 11.6 Å². The molecule has 0 aromatic heterocycles. The van der Waals surface area contributed by atoms with E-state index < -0.39 is 0 Å². The quantitative estimate of drug-likeness (QED) is 0.628. The molecule has 1 nitrogen and oxygen atoms in total. The molecule has 0 heterocycles. The van der Waals surface area contributed by atoms with Crippen LogP contribution in [0.25, 0.3) is 0 Å². The van der Waals surface area contributed by atoms with Crippen LogP contribution in [0.3, 0.4) is 0 Å². The van der Waals surface area contributed by atoms with Gasteiger partial charge in [0.25, 0.3) is 0 Å². The highest BCUT2D eigenvalue weighted by Gasteiger charge is 2.11. The highest BCUT2D eigenvalue weighted by atomic mass is 14.9. The van der Waals surface area contributed by atoms with Crippen molar-refractivity contribution >= 4 is 0 Å². The lowest BCUT2D eigenvalue weighted by atomic mass is 9.95. The van der Waals surface area contributed by atoms with Crippen molar-refractivity contribution in [2.24, 2.45) is 11.8 Å². The molecule has 0 bridgehead atoms. The fraction of sp³-hybridized carbons (Fsp3) is 0.857. The molecule has 0 aromatic rings. The molecule has 0 unspecified atom stereocenters. The summed E-state index contributed by atoms with van der Waals surface area (Å²) in [6.07, 6.45) is 4.84. The van der Waals surface area contributed by atoms with Crippen LogP contribution in [-0.4, -0.2) is 12.6 Å². The molecule has 0 atom stereocenters. The third-order valence-corrected chi connectivity index (χ3v) is 2.43. The molecule has 0 fully saturated rings. The second-order valence-electron chi connectivity index (χ2n) is 5.65. The molecule has 0 amide bonds. The van der Waals surface area contributed by atoms with E-state index in [4.69, 9.17) is 0 Å². The Kier molecular flexibility index (Phi) is 7.76. The SMILES string of the molecule is CC(C)=CCNC(CC(C)C)CC(C)C. The Morgan fingerprint density at radius 1 is 1.00 bits per heavy atom. The maximum absolute atomic E-state index is 3.64. The zero-order valence-electron chi connectivity index (χ0n) is 11.4. The lowest BCUT2D eigenvalue weighted by molar-refractivity contribution is 0.370. The Labute approximate surface area is 96.3 Å². The van der Waals surface area contributed by atoms with E-state index in [-0.39, 0.29) is 0 Å². The fourth-order valence-electron chi connectivity index (χ4n) is 1.83. The van der Waals surface area contributed by atoms with Crippen molar-refractivity contribution in [1.82, 2.24) is 5.32 Å². The average molecular weight is 211 g/mol. The smallest absolute Gasteiger partial charge is 0.0139 e. The van der Waals surface area contributed by atoms with E-state index in [1.807, 2.05) is 0 Å². The van der Waals surface area contributed by atoms with Gasteiger partial charge < -0.3 is 5.32 Å². The summed E-state index contributed by atoms with van der Waals surface area (Å²) in [6, 6.07) is 0.681.